The highest BCUT2D eigenvalue weighted by atomic mass is 16.6. The predicted molar refractivity (Wildman–Crippen MR) is 69.4 cm³/mol. The summed E-state index contributed by atoms with van der Waals surface area (Å²) in [5, 5.41) is 10.6. The highest BCUT2D eigenvalue weighted by Crippen LogP contribution is 2.29. The fraction of sp³-hybridized carbons (Fsp3) is 0.385. The molecular formula is C13H17NO4. The van der Waals surface area contributed by atoms with Gasteiger partial charge in [0.25, 0.3) is 0 Å². The van der Waals surface area contributed by atoms with Crippen molar-refractivity contribution >= 4 is 6.08 Å². The van der Waals surface area contributed by atoms with Crippen LogP contribution in [0, 0.1) is 10.1 Å². The molecule has 5 heteroatoms. The zero-order valence-corrected chi connectivity index (χ0v) is 10.8. The van der Waals surface area contributed by atoms with Crippen LogP contribution in [0.15, 0.2) is 23.9 Å². The van der Waals surface area contributed by atoms with Crippen molar-refractivity contribution in [3.05, 3.63) is 39.6 Å². The van der Waals surface area contributed by atoms with E-state index in [2.05, 4.69) is 0 Å². The van der Waals surface area contributed by atoms with E-state index in [0.717, 1.165) is 12.0 Å². The number of benzene rings is 1. The standard InChI is InChI=1S/C13H17NO4/c1-4-7-18-13-9-11(5-6-12(13)17-3)8-10(2)14(15)16/h5-6,8-9H,4,7H2,1-3H3. The molecule has 5 nitrogen and oxygen atoms in total. The van der Waals surface area contributed by atoms with E-state index in [0.29, 0.717) is 18.1 Å². The van der Waals surface area contributed by atoms with Crippen molar-refractivity contribution in [1.82, 2.24) is 0 Å². The van der Waals surface area contributed by atoms with Crippen LogP contribution in [0.5, 0.6) is 11.5 Å². The first-order chi connectivity index (χ1) is 8.58. The van der Waals surface area contributed by atoms with E-state index in [4.69, 9.17) is 9.47 Å². The van der Waals surface area contributed by atoms with Crippen molar-refractivity contribution in [2.45, 2.75) is 20.3 Å². The molecule has 0 bridgehead atoms. The zero-order valence-electron chi connectivity index (χ0n) is 10.8. The number of methoxy groups -OCH3 is 1. The molecule has 0 aliphatic rings. The number of nitrogens with zero attached hydrogens (tertiary/aromatic N) is 1. The summed E-state index contributed by atoms with van der Waals surface area (Å²) in [4.78, 5) is 10.1. The predicted octanol–water partition coefficient (Wildman–Crippen LogP) is 3.12. The third kappa shape index (κ3) is 3.76. The highest BCUT2D eigenvalue weighted by molar-refractivity contribution is 5.56. The van der Waals surface area contributed by atoms with Crippen LogP contribution < -0.4 is 9.47 Å². The van der Waals surface area contributed by atoms with E-state index in [1.54, 1.807) is 25.3 Å². The molecule has 0 spiro atoms. The minimum absolute atomic E-state index is 0.0848. The Morgan fingerprint density at radius 1 is 1.44 bits per heavy atom. The number of hydrogen-bond acceptors (Lipinski definition) is 4. The second-order valence-corrected chi connectivity index (χ2v) is 3.80. The van der Waals surface area contributed by atoms with E-state index in [1.165, 1.54) is 13.0 Å². The summed E-state index contributed by atoms with van der Waals surface area (Å²) >= 11 is 0. The Kier molecular flexibility index (Phi) is 5.17. The van der Waals surface area contributed by atoms with Crippen LogP contribution in [-0.2, 0) is 0 Å². The van der Waals surface area contributed by atoms with Gasteiger partial charge < -0.3 is 9.47 Å². The SMILES string of the molecule is CCCOc1cc(C=C(C)[N+](=O)[O-])ccc1OC. The molecular weight excluding hydrogens is 234 g/mol. The van der Waals surface area contributed by atoms with Gasteiger partial charge >= 0.3 is 0 Å². The number of hydrogen-bond donors (Lipinski definition) is 0. The zero-order chi connectivity index (χ0) is 13.5. The molecule has 0 amide bonds. The van der Waals surface area contributed by atoms with Gasteiger partial charge in [0.05, 0.1) is 18.6 Å². The second kappa shape index (κ2) is 6.64. The van der Waals surface area contributed by atoms with Crippen molar-refractivity contribution in [2.75, 3.05) is 13.7 Å². The molecule has 0 aliphatic heterocycles. The van der Waals surface area contributed by atoms with Gasteiger partial charge in [0.15, 0.2) is 11.5 Å². The summed E-state index contributed by atoms with van der Waals surface area (Å²) in [7, 11) is 1.56. The van der Waals surface area contributed by atoms with Crippen LogP contribution in [0.3, 0.4) is 0 Å². The minimum atomic E-state index is -0.420. The number of allylic oxidation sites excluding steroid dienone is 1. The summed E-state index contributed by atoms with van der Waals surface area (Å²) in [6.45, 7) is 4.04. The van der Waals surface area contributed by atoms with E-state index in [9.17, 15) is 10.1 Å². The van der Waals surface area contributed by atoms with Crippen LogP contribution in [0.2, 0.25) is 0 Å². The number of nitro groups is 1. The first kappa shape index (κ1) is 14.0. The Morgan fingerprint density at radius 3 is 2.72 bits per heavy atom. The maximum Gasteiger partial charge on any atom is 0.243 e. The van der Waals surface area contributed by atoms with Gasteiger partial charge in [0, 0.05) is 13.0 Å². The Bertz CT molecular complexity index is 454. The van der Waals surface area contributed by atoms with Gasteiger partial charge in [-0.3, -0.25) is 10.1 Å². The van der Waals surface area contributed by atoms with E-state index < -0.39 is 4.92 Å². The third-order valence-corrected chi connectivity index (χ3v) is 2.31. The molecule has 0 aromatic heterocycles. The maximum atomic E-state index is 10.6. The fourth-order valence-electron chi connectivity index (χ4n) is 1.40. The molecule has 0 N–H and O–H groups in total. The molecule has 18 heavy (non-hydrogen) atoms. The lowest BCUT2D eigenvalue weighted by Crippen LogP contribution is -1.98. The van der Waals surface area contributed by atoms with Crippen molar-refractivity contribution in [2.24, 2.45) is 0 Å². The van der Waals surface area contributed by atoms with Crippen molar-refractivity contribution < 1.29 is 14.4 Å². The summed E-state index contributed by atoms with van der Waals surface area (Å²) < 4.78 is 10.7. The molecule has 0 saturated heterocycles. The molecule has 0 atom stereocenters. The van der Waals surface area contributed by atoms with Gasteiger partial charge in [-0.1, -0.05) is 13.0 Å². The van der Waals surface area contributed by atoms with E-state index >= 15 is 0 Å². The van der Waals surface area contributed by atoms with Crippen LogP contribution in [0.1, 0.15) is 25.8 Å². The fourth-order valence-corrected chi connectivity index (χ4v) is 1.40. The van der Waals surface area contributed by atoms with Crippen LogP contribution in [0.4, 0.5) is 0 Å². The van der Waals surface area contributed by atoms with Crippen molar-refractivity contribution in [3.63, 3.8) is 0 Å². The van der Waals surface area contributed by atoms with Crippen molar-refractivity contribution in [1.29, 1.82) is 0 Å². The molecule has 0 unspecified atom stereocenters. The molecule has 0 aliphatic carbocycles. The average molecular weight is 251 g/mol. The van der Waals surface area contributed by atoms with Crippen LogP contribution >= 0.6 is 0 Å². The maximum absolute atomic E-state index is 10.6. The van der Waals surface area contributed by atoms with E-state index in [-0.39, 0.29) is 5.70 Å². The van der Waals surface area contributed by atoms with Gasteiger partial charge in [0.1, 0.15) is 0 Å². The Balaban J connectivity index is 3.02. The number of rotatable bonds is 6. The van der Waals surface area contributed by atoms with Crippen LogP contribution in [0.25, 0.3) is 6.08 Å². The number of ether oxygens (including phenoxy) is 2. The minimum Gasteiger partial charge on any atom is -0.493 e. The monoisotopic (exact) mass is 251 g/mol. The quantitative estimate of drug-likeness (QED) is 0.575. The Labute approximate surface area is 106 Å². The molecule has 1 rings (SSSR count). The highest BCUT2D eigenvalue weighted by Gasteiger charge is 2.07. The Hall–Kier alpha value is -2.04. The summed E-state index contributed by atoms with van der Waals surface area (Å²) in [6, 6.07) is 5.23. The van der Waals surface area contributed by atoms with Gasteiger partial charge in [-0.2, -0.15) is 0 Å². The molecule has 1 aromatic rings. The average Bonchev–Trinajstić information content (AvgIpc) is 2.36. The third-order valence-electron chi connectivity index (χ3n) is 2.31. The first-order valence-corrected chi connectivity index (χ1v) is 5.72. The molecule has 1 aromatic carbocycles. The molecule has 98 valence electrons. The summed E-state index contributed by atoms with van der Waals surface area (Å²) in [5.41, 5.74) is 0.803. The molecule has 0 saturated carbocycles. The van der Waals surface area contributed by atoms with E-state index in [1.807, 2.05) is 6.92 Å². The van der Waals surface area contributed by atoms with Gasteiger partial charge in [-0.05, 0) is 24.1 Å². The largest absolute Gasteiger partial charge is 0.493 e. The lowest BCUT2D eigenvalue weighted by Gasteiger charge is -2.10. The normalized spacial score (nSPS) is 11.2. The summed E-state index contributed by atoms with van der Waals surface area (Å²) in [5.74, 6) is 1.23. The summed E-state index contributed by atoms with van der Waals surface area (Å²) in [6.07, 6.45) is 2.38. The smallest absolute Gasteiger partial charge is 0.243 e. The second-order valence-electron chi connectivity index (χ2n) is 3.80. The van der Waals surface area contributed by atoms with Gasteiger partial charge in [-0.15, -0.1) is 0 Å². The lowest BCUT2D eigenvalue weighted by molar-refractivity contribution is -0.422. The molecule has 0 radical (unpaired) electrons. The van der Waals surface area contributed by atoms with Gasteiger partial charge in [0.2, 0.25) is 5.70 Å². The molecule has 0 fully saturated rings. The lowest BCUT2D eigenvalue weighted by atomic mass is 10.1. The van der Waals surface area contributed by atoms with Crippen molar-refractivity contribution in [3.8, 4) is 11.5 Å². The molecule has 0 heterocycles. The topological polar surface area (TPSA) is 61.6 Å². The van der Waals surface area contributed by atoms with Crippen LogP contribution in [-0.4, -0.2) is 18.6 Å². The first-order valence-electron chi connectivity index (χ1n) is 5.72. The Morgan fingerprint density at radius 2 is 2.17 bits per heavy atom. The van der Waals surface area contributed by atoms with Gasteiger partial charge in [-0.25, -0.2) is 0 Å².